The summed E-state index contributed by atoms with van der Waals surface area (Å²) >= 11 is 0. The predicted molar refractivity (Wildman–Crippen MR) is 101 cm³/mol. The Morgan fingerprint density at radius 3 is 2.07 bits per heavy atom. The van der Waals surface area contributed by atoms with E-state index in [9.17, 15) is 9.59 Å². The van der Waals surface area contributed by atoms with Gasteiger partial charge in [-0.1, -0.05) is 33.1 Å². The van der Waals surface area contributed by atoms with E-state index in [4.69, 9.17) is 18.9 Å². The molecule has 1 fully saturated rings. The van der Waals surface area contributed by atoms with E-state index in [0.29, 0.717) is 30.9 Å². The lowest BCUT2D eigenvalue weighted by Gasteiger charge is -2.35. The number of ether oxygens (including phenoxy) is 4. The van der Waals surface area contributed by atoms with Gasteiger partial charge in [0.15, 0.2) is 0 Å². The Balaban J connectivity index is 1.81. The highest BCUT2D eigenvalue weighted by atomic mass is 16.7. The molecule has 0 atom stereocenters. The molecule has 27 heavy (non-hydrogen) atoms. The Kier molecular flexibility index (Phi) is 8.75. The molecule has 1 aromatic rings. The van der Waals surface area contributed by atoms with Gasteiger partial charge in [-0.3, -0.25) is 0 Å². The molecule has 1 aliphatic heterocycles. The third-order valence-corrected chi connectivity index (χ3v) is 4.83. The van der Waals surface area contributed by atoms with Gasteiger partial charge in [-0.05, 0) is 37.1 Å². The lowest BCUT2D eigenvalue weighted by molar-refractivity contribution is -0.177. The first-order valence-electron chi connectivity index (χ1n) is 9.70. The SMILES string of the molecule is CCCCCCOC(=O)c1ccc(C(=O)OCC2(CC)COCOC2)cc1. The van der Waals surface area contributed by atoms with Crippen molar-refractivity contribution in [2.24, 2.45) is 5.41 Å². The third kappa shape index (κ3) is 6.63. The Bertz CT molecular complexity index is 589. The van der Waals surface area contributed by atoms with Crippen LogP contribution >= 0.6 is 0 Å². The van der Waals surface area contributed by atoms with Crippen molar-refractivity contribution in [1.29, 1.82) is 0 Å². The summed E-state index contributed by atoms with van der Waals surface area (Å²) in [4.78, 5) is 24.3. The number of esters is 2. The lowest BCUT2D eigenvalue weighted by Crippen LogP contribution is -2.41. The summed E-state index contributed by atoms with van der Waals surface area (Å²) in [6, 6.07) is 6.35. The number of hydrogen-bond donors (Lipinski definition) is 0. The number of carbonyl (C=O) groups excluding carboxylic acids is 2. The minimum atomic E-state index is -0.423. The van der Waals surface area contributed by atoms with Gasteiger partial charge in [0.1, 0.15) is 13.4 Å². The molecule has 6 nitrogen and oxygen atoms in total. The van der Waals surface area contributed by atoms with Gasteiger partial charge in [0.05, 0.1) is 36.4 Å². The zero-order valence-electron chi connectivity index (χ0n) is 16.3. The van der Waals surface area contributed by atoms with Gasteiger partial charge < -0.3 is 18.9 Å². The van der Waals surface area contributed by atoms with E-state index in [0.717, 1.165) is 32.1 Å². The van der Waals surface area contributed by atoms with Gasteiger partial charge >= 0.3 is 11.9 Å². The van der Waals surface area contributed by atoms with E-state index in [1.54, 1.807) is 24.3 Å². The van der Waals surface area contributed by atoms with Crippen LogP contribution in [-0.2, 0) is 18.9 Å². The second kappa shape index (κ2) is 11.0. The molecule has 1 saturated heterocycles. The molecule has 0 saturated carbocycles. The summed E-state index contributed by atoms with van der Waals surface area (Å²) in [7, 11) is 0. The Labute approximate surface area is 161 Å². The standard InChI is InChI=1S/C21H30O6/c1-3-5-6-7-12-26-19(22)17-8-10-18(11-9-17)20(23)27-15-21(4-2)13-24-16-25-14-21/h8-11H,3-7,12-16H2,1-2H3. The zero-order chi connectivity index (χ0) is 19.5. The second-order valence-corrected chi connectivity index (χ2v) is 7.02. The van der Waals surface area contributed by atoms with Gasteiger partial charge in [-0.2, -0.15) is 0 Å². The van der Waals surface area contributed by atoms with Crippen LogP contribution in [0.3, 0.4) is 0 Å². The smallest absolute Gasteiger partial charge is 0.338 e. The zero-order valence-corrected chi connectivity index (χ0v) is 16.3. The van der Waals surface area contributed by atoms with Crippen LogP contribution in [0.1, 0.15) is 66.7 Å². The van der Waals surface area contributed by atoms with Crippen molar-refractivity contribution in [3.63, 3.8) is 0 Å². The van der Waals surface area contributed by atoms with Crippen LogP contribution in [-0.4, -0.2) is 45.2 Å². The van der Waals surface area contributed by atoms with E-state index < -0.39 is 5.97 Å². The van der Waals surface area contributed by atoms with E-state index >= 15 is 0 Å². The van der Waals surface area contributed by atoms with Crippen LogP contribution in [0.4, 0.5) is 0 Å². The van der Waals surface area contributed by atoms with E-state index in [-0.39, 0.29) is 24.8 Å². The first kappa shape index (κ1) is 21.4. The minimum absolute atomic E-state index is 0.240. The fourth-order valence-corrected chi connectivity index (χ4v) is 2.83. The number of benzene rings is 1. The number of unbranched alkanes of at least 4 members (excludes halogenated alkanes) is 3. The van der Waals surface area contributed by atoms with Crippen molar-refractivity contribution in [2.45, 2.75) is 46.0 Å². The average Bonchev–Trinajstić information content (AvgIpc) is 2.72. The van der Waals surface area contributed by atoms with Crippen molar-refractivity contribution < 1.29 is 28.5 Å². The maximum absolute atomic E-state index is 12.3. The highest BCUT2D eigenvalue weighted by Gasteiger charge is 2.33. The molecule has 0 spiro atoms. The fourth-order valence-electron chi connectivity index (χ4n) is 2.83. The minimum Gasteiger partial charge on any atom is -0.462 e. The third-order valence-electron chi connectivity index (χ3n) is 4.83. The topological polar surface area (TPSA) is 71.1 Å². The normalized spacial score (nSPS) is 15.9. The van der Waals surface area contributed by atoms with Gasteiger partial charge in [0, 0.05) is 0 Å². The molecular weight excluding hydrogens is 348 g/mol. The van der Waals surface area contributed by atoms with Crippen LogP contribution in [0.5, 0.6) is 0 Å². The summed E-state index contributed by atoms with van der Waals surface area (Å²) in [5.41, 5.74) is 0.537. The fraction of sp³-hybridized carbons (Fsp3) is 0.619. The van der Waals surface area contributed by atoms with Crippen LogP contribution < -0.4 is 0 Å². The van der Waals surface area contributed by atoms with Gasteiger partial charge in [-0.15, -0.1) is 0 Å². The molecule has 150 valence electrons. The van der Waals surface area contributed by atoms with Crippen LogP contribution in [0.25, 0.3) is 0 Å². The highest BCUT2D eigenvalue weighted by Crippen LogP contribution is 2.27. The molecule has 0 amide bonds. The highest BCUT2D eigenvalue weighted by molar-refractivity contribution is 5.93. The molecule has 1 aromatic carbocycles. The van der Waals surface area contributed by atoms with Crippen molar-refractivity contribution in [3.8, 4) is 0 Å². The Hall–Kier alpha value is -1.92. The first-order chi connectivity index (χ1) is 13.1. The monoisotopic (exact) mass is 378 g/mol. The van der Waals surface area contributed by atoms with E-state index in [1.165, 1.54) is 0 Å². The molecule has 0 bridgehead atoms. The summed E-state index contributed by atoms with van der Waals surface area (Å²) in [5, 5.41) is 0. The largest absolute Gasteiger partial charge is 0.462 e. The van der Waals surface area contributed by atoms with Gasteiger partial charge in [0.2, 0.25) is 0 Å². The molecule has 0 radical (unpaired) electrons. The molecule has 0 unspecified atom stereocenters. The Morgan fingerprint density at radius 1 is 0.926 bits per heavy atom. The molecule has 0 aromatic heterocycles. The van der Waals surface area contributed by atoms with Crippen LogP contribution in [0, 0.1) is 5.41 Å². The Morgan fingerprint density at radius 2 is 1.52 bits per heavy atom. The summed E-state index contributed by atoms with van der Waals surface area (Å²) in [6.45, 7) is 6.13. The molecule has 0 aliphatic carbocycles. The van der Waals surface area contributed by atoms with Crippen LogP contribution in [0.2, 0.25) is 0 Å². The molecule has 1 aliphatic rings. The molecule has 6 heteroatoms. The van der Waals surface area contributed by atoms with Crippen LogP contribution in [0.15, 0.2) is 24.3 Å². The first-order valence-corrected chi connectivity index (χ1v) is 9.70. The quantitative estimate of drug-likeness (QED) is 0.453. The lowest BCUT2D eigenvalue weighted by atomic mass is 9.87. The average molecular weight is 378 g/mol. The molecule has 2 rings (SSSR count). The molecule has 0 N–H and O–H groups in total. The summed E-state index contributed by atoms with van der Waals surface area (Å²) < 4.78 is 21.4. The van der Waals surface area contributed by atoms with Gasteiger partial charge in [0.25, 0.3) is 0 Å². The van der Waals surface area contributed by atoms with Crippen molar-refractivity contribution in [2.75, 3.05) is 33.2 Å². The van der Waals surface area contributed by atoms with E-state index in [1.807, 2.05) is 6.92 Å². The van der Waals surface area contributed by atoms with Crippen molar-refractivity contribution >= 4 is 11.9 Å². The van der Waals surface area contributed by atoms with Gasteiger partial charge in [-0.25, -0.2) is 9.59 Å². The molecular formula is C21H30O6. The maximum Gasteiger partial charge on any atom is 0.338 e. The number of hydrogen-bond acceptors (Lipinski definition) is 6. The predicted octanol–water partition coefficient (Wildman–Crippen LogP) is 3.98. The summed E-state index contributed by atoms with van der Waals surface area (Å²) in [6.07, 6.45) is 5.01. The second-order valence-electron chi connectivity index (χ2n) is 7.02. The number of carbonyl (C=O) groups is 2. The number of rotatable bonds is 10. The maximum atomic E-state index is 12.3. The van der Waals surface area contributed by atoms with Crippen molar-refractivity contribution in [1.82, 2.24) is 0 Å². The van der Waals surface area contributed by atoms with E-state index in [2.05, 4.69) is 6.92 Å². The molecule has 1 heterocycles. The summed E-state index contributed by atoms with van der Waals surface area (Å²) in [5.74, 6) is -0.791. The van der Waals surface area contributed by atoms with Crippen molar-refractivity contribution in [3.05, 3.63) is 35.4 Å².